The molecule has 0 saturated heterocycles. The van der Waals surface area contributed by atoms with E-state index in [-0.39, 0.29) is 40.7 Å². The molecule has 1 aliphatic rings. The average molecular weight is 506 g/mol. The molecule has 184 valence electrons. The predicted molar refractivity (Wildman–Crippen MR) is 136 cm³/mol. The highest BCUT2D eigenvalue weighted by atomic mass is 35.5. The molecule has 0 unspecified atom stereocenters. The molecule has 4 N–H and O–H groups in total. The Hall–Kier alpha value is -2.65. The van der Waals surface area contributed by atoms with Crippen LogP contribution in [0.4, 0.5) is 11.4 Å². The van der Waals surface area contributed by atoms with Crippen molar-refractivity contribution >= 4 is 52.2 Å². The molecule has 0 atom stereocenters. The van der Waals surface area contributed by atoms with Gasteiger partial charge in [-0.2, -0.15) is 4.37 Å². The number of carbonyl (C=O) groups is 3. The maximum atomic E-state index is 13.5. The Morgan fingerprint density at radius 3 is 2.50 bits per heavy atom. The van der Waals surface area contributed by atoms with Crippen molar-refractivity contribution < 1.29 is 14.4 Å². The van der Waals surface area contributed by atoms with Crippen molar-refractivity contribution in [1.82, 2.24) is 15.0 Å². The summed E-state index contributed by atoms with van der Waals surface area (Å²) in [5, 5.41) is 6.34. The predicted octanol–water partition coefficient (Wildman–Crippen LogP) is 4.25. The first kappa shape index (κ1) is 26.0. The summed E-state index contributed by atoms with van der Waals surface area (Å²) in [5.74, 6) is -0.705. The first-order valence-electron chi connectivity index (χ1n) is 11.7. The third kappa shape index (κ3) is 6.93. The SMILES string of the molecule is CC(C)CCNC(=O)CN(C(=O)c1snc(C(=O)NC2CCCCC2)c1N)c1ccc(Cl)cc1. The molecule has 1 aliphatic carbocycles. The lowest BCUT2D eigenvalue weighted by molar-refractivity contribution is -0.119. The summed E-state index contributed by atoms with van der Waals surface area (Å²) in [6.45, 7) is 4.47. The summed E-state index contributed by atoms with van der Waals surface area (Å²) in [5.41, 5.74) is 6.79. The molecule has 1 saturated carbocycles. The first-order valence-corrected chi connectivity index (χ1v) is 12.8. The van der Waals surface area contributed by atoms with E-state index in [0.29, 0.717) is 23.2 Å². The van der Waals surface area contributed by atoms with Gasteiger partial charge in [0, 0.05) is 23.3 Å². The lowest BCUT2D eigenvalue weighted by Gasteiger charge is -2.23. The summed E-state index contributed by atoms with van der Waals surface area (Å²) in [4.78, 5) is 40.3. The standard InChI is InChI=1S/C24H32ClN5O3S/c1-15(2)12-13-27-19(31)14-30(18-10-8-16(25)9-11-18)24(33)22-20(26)21(29-34-22)23(32)28-17-6-4-3-5-7-17/h8-11,15,17H,3-7,12-14,26H2,1-2H3,(H,27,31)(H,28,32). The first-order chi connectivity index (χ1) is 16.3. The Morgan fingerprint density at radius 1 is 1.18 bits per heavy atom. The molecule has 0 bridgehead atoms. The van der Waals surface area contributed by atoms with Gasteiger partial charge < -0.3 is 16.4 Å². The topological polar surface area (TPSA) is 117 Å². The second-order valence-electron chi connectivity index (χ2n) is 8.98. The van der Waals surface area contributed by atoms with E-state index in [1.807, 2.05) is 0 Å². The monoisotopic (exact) mass is 505 g/mol. The smallest absolute Gasteiger partial charge is 0.273 e. The second kappa shape index (κ2) is 12.2. The van der Waals surface area contributed by atoms with Gasteiger partial charge >= 0.3 is 0 Å². The van der Waals surface area contributed by atoms with Gasteiger partial charge in [-0.1, -0.05) is 44.7 Å². The third-order valence-corrected chi connectivity index (χ3v) is 6.91. The van der Waals surface area contributed by atoms with Crippen molar-refractivity contribution in [3.63, 3.8) is 0 Å². The molecular formula is C24H32ClN5O3S. The van der Waals surface area contributed by atoms with E-state index in [2.05, 4.69) is 28.9 Å². The number of nitrogens with one attached hydrogen (secondary N) is 2. The number of aromatic nitrogens is 1. The molecular weight excluding hydrogens is 474 g/mol. The molecule has 1 heterocycles. The summed E-state index contributed by atoms with van der Waals surface area (Å²) >= 11 is 6.87. The zero-order valence-electron chi connectivity index (χ0n) is 19.6. The van der Waals surface area contributed by atoms with Gasteiger partial charge in [-0.25, -0.2) is 0 Å². The van der Waals surface area contributed by atoms with Gasteiger partial charge in [-0.3, -0.25) is 19.3 Å². The number of anilines is 2. The maximum absolute atomic E-state index is 13.5. The highest BCUT2D eigenvalue weighted by Gasteiger charge is 2.29. The van der Waals surface area contributed by atoms with Gasteiger partial charge in [-0.05, 0) is 61.0 Å². The molecule has 0 spiro atoms. The Morgan fingerprint density at radius 2 is 1.85 bits per heavy atom. The number of amides is 3. The van der Waals surface area contributed by atoms with Crippen LogP contribution in [0.1, 0.15) is 72.5 Å². The molecule has 8 nitrogen and oxygen atoms in total. The van der Waals surface area contributed by atoms with Crippen LogP contribution in [0, 0.1) is 5.92 Å². The van der Waals surface area contributed by atoms with Gasteiger partial charge in [0.1, 0.15) is 11.4 Å². The highest BCUT2D eigenvalue weighted by molar-refractivity contribution is 7.09. The summed E-state index contributed by atoms with van der Waals surface area (Å²) in [6.07, 6.45) is 6.03. The quantitative estimate of drug-likeness (QED) is 0.471. The fourth-order valence-electron chi connectivity index (χ4n) is 3.84. The fourth-order valence-corrected chi connectivity index (χ4v) is 4.71. The number of carbonyl (C=O) groups excluding carboxylic acids is 3. The summed E-state index contributed by atoms with van der Waals surface area (Å²) < 4.78 is 4.18. The van der Waals surface area contributed by atoms with E-state index in [1.165, 1.54) is 11.3 Å². The normalized spacial score (nSPS) is 14.1. The lowest BCUT2D eigenvalue weighted by Crippen LogP contribution is -2.41. The number of rotatable bonds is 9. The summed E-state index contributed by atoms with van der Waals surface area (Å²) in [7, 11) is 0. The van der Waals surface area contributed by atoms with Gasteiger partial charge in [0.15, 0.2) is 5.69 Å². The number of halogens is 1. The van der Waals surface area contributed by atoms with Crippen molar-refractivity contribution in [2.24, 2.45) is 5.92 Å². The number of nitrogens with two attached hydrogens (primary N) is 1. The van der Waals surface area contributed by atoms with Crippen molar-refractivity contribution in [2.45, 2.75) is 58.4 Å². The van der Waals surface area contributed by atoms with Gasteiger partial charge in [0.2, 0.25) is 5.91 Å². The minimum Gasteiger partial charge on any atom is -0.395 e. The van der Waals surface area contributed by atoms with E-state index >= 15 is 0 Å². The van der Waals surface area contributed by atoms with Crippen LogP contribution in [0.15, 0.2) is 24.3 Å². The average Bonchev–Trinajstić information content (AvgIpc) is 3.19. The van der Waals surface area contributed by atoms with E-state index in [4.69, 9.17) is 17.3 Å². The minimum absolute atomic E-state index is 0.0301. The van der Waals surface area contributed by atoms with Crippen LogP contribution in [0.3, 0.4) is 0 Å². The van der Waals surface area contributed by atoms with Crippen molar-refractivity contribution in [3.8, 4) is 0 Å². The van der Waals surface area contributed by atoms with Crippen LogP contribution in [-0.4, -0.2) is 41.2 Å². The summed E-state index contributed by atoms with van der Waals surface area (Å²) in [6, 6.07) is 6.71. The molecule has 3 rings (SSSR count). The van der Waals surface area contributed by atoms with Gasteiger partial charge in [0.05, 0.1) is 5.69 Å². The third-order valence-electron chi connectivity index (χ3n) is 5.81. The molecule has 1 fully saturated rings. The van der Waals surface area contributed by atoms with E-state index in [9.17, 15) is 14.4 Å². The lowest BCUT2D eigenvalue weighted by atomic mass is 9.95. The van der Waals surface area contributed by atoms with Crippen molar-refractivity contribution in [1.29, 1.82) is 0 Å². The highest BCUT2D eigenvalue weighted by Crippen LogP contribution is 2.27. The minimum atomic E-state index is -0.493. The molecule has 1 aromatic carbocycles. The van der Waals surface area contributed by atoms with Gasteiger partial charge in [0.25, 0.3) is 11.8 Å². The van der Waals surface area contributed by atoms with Crippen LogP contribution in [-0.2, 0) is 4.79 Å². The van der Waals surface area contributed by atoms with E-state index in [0.717, 1.165) is 43.6 Å². The van der Waals surface area contributed by atoms with Crippen molar-refractivity contribution in [3.05, 3.63) is 39.9 Å². The van der Waals surface area contributed by atoms with E-state index in [1.54, 1.807) is 24.3 Å². The largest absolute Gasteiger partial charge is 0.395 e. The zero-order chi connectivity index (χ0) is 24.7. The molecule has 0 aliphatic heterocycles. The van der Waals surface area contributed by atoms with Crippen LogP contribution in [0.25, 0.3) is 0 Å². The van der Waals surface area contributed by atoms with E-state index < -0.39 is 5.91 Å². The Balaban J connectivity index is 1.78. The molecule has 2 aromatic rings. The molecule has 34 heavy (non-hydrogen) atoms. The fraction of sp³-hybridized carbons (Fsp3) is 0.500. The Kier molecular flexibility index (Phi) is 9.29. The van der Waals surface area contributed by atoms with Crippen LogP contribution in [0.2, 0.25) is 5.02 Å². The zero-order valence-corrected chi connectivity index (χ0v) is 21.2. The van der Waals surface area contributed by atoms with Gasteiger partial charge in [-0.15, -0.1) is 0 Å². The second-order valence-corrected chi connectivity index (χ2v) is 10.2. The number of nitrogen functional groups attached to an aromatic ring is 1. The Bertz CT molecular complexity index is 1000. The van der Waals surface area contributed by atoms with Crippen molar-refractivity contribution in [2.75, 3.05) is 23.7 Å². The molecule has 10 heteroatoms. The number of nitrogens with zero attached hydrogens (tertiary/aromatic N) is 2. The number of hydrogen-bond donors (Lipinski definition) is 3. The molecule has 3 amide bonds. The van der Waals surface area contributed by atoms with Crippen LogP contribution < -0.4 is 21.3 Å². The number of benzene rings is 1. The molecule has 1 aromatic heterocycles. The number of hydrogen-bond acceptors (Lipinski definition) is 6. The van der Waals surface area contributed by atoms with Crippen LogP contribution >= 0.6 is 23.1 Å². The maximum Gasteiger partial charge on any atom is 0.273 e. The Labute approximate surface area is 209 Å². The molecule has 0 radical (unpaired) electrons. The van der Waals surface area contributed by atoms with Crippen LogP contribution in [0.5, 0.6) is 0 Å².